The minimum Gasteiger partial charge on any atom is -0.455 e. The molecule has 2 rings (SSSR count). The number of halogens is 1. The van der Waals surface area contributed by atoms with Gasteiger partial charge < -0.3 is 10.5 Å². The monoisotopic (exact) mass is 246 g/mol. The SMILES string of the molecule is C=CC1=C(C(=C)F)[C@H](CN)Cc2ncccc2O1. The molecule has 0 fully saturated rings. The zero-order valence-electron chi connectivity index (χ0n) is 10.0. The molecule has 1 aromatic heterocycles. The number of hydrogen-bond donors (Lipinski definition) is 1. The number of fused-ring (bicyclic) bond motifs is 1. The first-order valence-electron chi connectivity index (χ1n) is 5.70. The third kappa shape index (κ3) is 2.19. The number of nitrogens with zero attached hydrogens (tertiary/aromatic N) is 1. The highest BCUT2D eigenvalue weighted by Gasteiger charge is 2.26. The van der Waals surface area contributed by atoms with Gasteiger partial charge in [-0.2, -0.15) is 0 Å². The topological polar surface area (TPSA) is 48.1 Å². The van der Waals surface area contributed by atoms with Crippen molar-refractivity contribution in [2.75, 3.05) is 6.54 Å². The molecule has 0 spiro atoms. The molecule has 2 N–H and O–H groups in total. The predicted octanol–water partition coefficient (Wildman–Crippen LogP) is 2.51. The fourth-order valence-electron chi connectivity index (χ4n) is 2.09. The Balaban J connectivity index is 2.55. The van der Waals surface area contributed by atoms with Crippen molar-refractivity contribution >= 4 is 0 Å². The molecule has 1 aromatic rings. The maximum atomic E-state index is 13.6. The van der Waals surface area contributed by atoms with E-state index >= 15 is 0 Å². The molecule has 0 unspecified atom stereocenters. The van der Waals surface area contributed by atoms with Crippen LogP contribution >= 0.6 is 0 Å². The Morgan fingerprint density at radius 3 is 3.06 bits per heavy atom. The molecule has 1 aliphatic heterocycles. The van der Waals surface area contributed by atoms with E-state index in [1.54, 1.807) is 18.3 Å². The number of ether oxygens (including phenoxy) is 1. The van der Waals surface area contributed by atoms with E-state index in [0.717, 1.165) is 5.69 Å². The van der Waals surface area contributed by atoms with Crippen molar-refractivity contribution < 1.29 is 9.13 Å². The molecule has 0 amide bonds. The predicted molar refractivity (Wildman–Crippen MR) is 68.6 cm³/mol. The summed E-state index contributed by atoms with van der Waals surface area (Å²) in [6, 6.07) is 3.57. The molecule has 1 aliphatic rings. The third-order valence-corrected chi connectivity index (χ3v) is 2.94. The fraction of sp³-hybridized carbons (Fsp3) is 0.214. The van der Waals surface area contributed by atoms with Gasteiger partial charge in [0.1, 0.15) is 17.3 Å². The van der Waals surface area contributed by atoms with Crippen LogP contribution in [0.15, 0.2) is 54.7 Å². The Morgan fingerprint density at radius 1 is 1.67 bits per heavy atom. The molecular formula is C14H15FN2O. The number of aromatic nitrogens is 1. The normalized spacial score (nSPS) is 18.7. The summed E-state index contributed by atoms with van der Waals surface area (Å²) < 4.78 is 19.3. The summed E-state index contributed by atoms with van der Waals surface area (Å²) >= 11 is 0. The second-order valence-electron chi connectivity index (χ2n) is 4.07. The van der Waals surface area contributed by atoms with E-state index < -0.39 is 5.83 Å². The fourth-order valence-corrected chi connectivity index (χ4v) is 2.09. The lowest BCUT2D eigenvalue weighted by atomic mass is 9.92. The van der Waals surface area contributed by atoms with Crippen molar-refractivity contribution in [2.45, 2.75) is 6.42 Å². The summed E-state index contributed by atoms with van der Waals surface area (Å²) in [6.07, 6.45) is 3.69. The number of nitrogens with two attached hydrogens (primary N) is 1. The van der Waals surface area contributed by atoms with Crippen molar-refractivity contribution in [1.82, 2.24) is 4.98 Å². The van der Waals surface area contributed by atoms with E-state index in [9.17, 15) is 4.39 Å². The summed E-state index contributed by atoms with van der Waals surface area (Å²) in [5.74, 6) is 0.242. The molecule has 0 radical (unpaired) electrons. The molecule has 94 valence electrons. The first-order chi connectivity index (χ1) is 8.67. The van der Waals surface area contributed by atoms with Crippen LogP contribution in [-0.2, 0) is 6.42 Å². The van der Waals surface area contributed by atoms with Crippen LogP contribution in [0.4, 0.5) is 4.39 Å². The summed E-state index contributed by atoms with van der Waals surface area (Å²) in [4.78, 5) is 4.25. The highest BCUT2D eigenvalue weighted by atomic mass is 19.1. The van der Waals surface area contributed by atoms with E-state index in [4.69, 9.17) is 10.5 Å². The van der Waals surface area contributed by atoms with Gasteiger partial charge in [-0.1, -0.05) is 13.2 Å². The van der Waals surface area contributed by atoms with Crippen LogP contribution in [0.2, 0.25) is 0 Å². The highest BCUT2D eigenvalue weighted by Crippen LogP contribution is 2.34. The maximum Gasteiger partial charge on any atom is 0.148 e. The molecule has 4 heteroatoms. The largest absolute Gasteiger partial charge is 0.455 e. The zero-order valence-corrected chi connectivity index (χ0v) is 10.0. The van der Waals surface area contributed by atoms with Gasteiger partial charge >= 0.3 is 0 Å². The lowest BCUT2D eigenvalue weighted by molar-refractivity contribution is 0.431. The van der Waals surface area contributed by atoms with E-state index in [1.165, 1.54) is 6.08 Å². The average Bonchev–Trinajstić information content (AvgIpc) is 2.53. The quantitative estimate of drug-likeness (QED) is 0.891. The van der Waals surface area contributed by atoms with E-state index in [0.29, 0.717) is 30.0 Å². The van der Waals surface area contributed by atoms with E-state index in [2.05, 4.69) is 18.1 Å². The molecule has 0 bridgehead atoms. The number of allylic oxidation sites excluding steroid dienone is 2. The Morgan fingerprint density at radius 2 is 2.44 bits per heavy atom. The van der Waals surface area contributed by atoms with Gasteiger partial charge in [-0.3, -0.25) is 4.98 Å². The van der Waals surface area contributed by atoms with Crippen LogP contribution in [0.3, 0.4) is 0 Å². The first kappa shape index (κ1) is 12.5. The molecular weight excluding hydrogens is 231 g/mol. The molecule has 0 aliphatic carbocycles. The molecule has 0 saturated heterocycles. The molecule has 2 heterocycles. The van der Waals surface area contributed by atoms with Crippen molar-refractivity contribution in [1.29, 1.82) is 0 Å². The van der Waals surface area contributed by atoms with Gasteiger partial charge in [0.2, 0.25) is 0 Å². The first-order valence-corrected chi connectivity index (χ1v) is 5.70. The lowest BCUT2D eigenvalue weighted by Crippen LogP contribution is -2.20. The zero-order chi connectivity index (χ0) is 13.1. The van der Waals surface area contributed by atoms with Crippen LogP contribution < -0.4 is 10.5 Å². The van der Waals surface area contributed by atoms with E-state index in [1.807, 2.05) is 0 Å². The molecule has 1 atom stereocenters. The minimum absolute atomic E-state index is 0.202. The molecule has 0 aromatic carbocycles. The Bertz CT molecular complexity index is 522. The van der Waals surface area contributed by atoms with Crippen molar-refractivity contribution in [2.24, 2.45) is 11.7 Å². The van der Waals surface area contributed by atoms with Crippen LogP contribution in [0.1, 0.15) is 5.69 Å². The average molecular weight is 246 g/mol. The summed E-state index contributed by atoms with van der Waals surface area (Å²) in [5, 5.41) is 0. The van der Waals surface area contributed by atoms with Gasteiger partial charge in [0.15, 0.2) is 0 Å². The van der Waals surface area contributed by atoms with Crippen molar-refractivity contribution in [3.8, 4) is 5.75 Å². The minimum atomic E-state index is -0.534. The molecule has 18 heavy (non-hydrogen) atoms. The number of pyridine rings is 1. The van der Waals surface area contributed by atoms with Gasteiger partial charge in [-0.25, -0.2) is 4.39 Å². The smallest absolute Gasteiger partial charge is 0.148 e. The van der Waals surface area contributed by atoms with Gasteiger partial charge in [0.25, 0.3) is 0 Å². The van der Waals surface area contributed by atoms with Gasteiger partial charge in [-0.05, 0) is 24.8 Å². The summed E-state index contributed by atoms with van der Waals surface area (Å²) in [7, 11) is 0. The van der Waals surface area contributed by atoms with Gasteiger partial charge in [0.05, 0.1) is 5.69 Å². The standard InChI is InChI=1S/C14H15FN2O/c1-3-12-14(9(2)15)10(8-16)7-11-13(18-12)5-4-6-17-11/h3-6,10H,1-2,7-8,16H2/t10-/m0/s1. The number of hydrogen-bond acceptors (Lipinski definition) is 3. The number of rotatable bonds is 3. The Labute approximate surface area is 105 Å². The Kier molecular flexibility index (Phi) is 3.58. The summed E-state index contributed by atoms with van der Waals surface area (Å²) in [6.45, 7) is 7.30. The van der Waals surface area contributed by atoms with Crippen LogP contribution in [0.25, 0.3) is 0 Å². The second-order valence-corrected chi connectivity index (χ2v) is 4.07. The molecule has 3 nitrogen and oxygen atoms in total. The second kappa shape index (κ2) is 5.14. The van der Waals surface area contributed by atoms with Crippen LogP contribution in [-0.4, -0.2) is 11.5 Å². The van der Waals surface area contributed by atoms with Gasteiger partial charge in [0, 0.05) is 24.1 Å². The Hall–Kier alpha value is -1.94. The van der Waals surface area contributed by atoms with Crippen molar-refractivity contribution in [3.05, 3.63) is 60.4 Å². The van der Waals surface area contributed by atoms with Crippen LogP contribution in [0.5, 0.6) is 5.75 Å². The third-order valence-electron chi connectivity index (χ3n) is 2.94. The van der Waals surface area contributed by atoms with Crippen LogP contribution in [0, 0.1) is 5.92 Å². The lowest BCUT2D eigenvalue weighted by Gasteiger charge is -2.15. The maximum absolute atomic E-state index is 13.6. The summed E-state index contributed by atoms with van der Waals surface area (Å²) in [5.41, 5.74) is 6.86. The highest BCUT2D eigenvalue weighted by molar-refractivity contribution is 5.42. The van der Waals surface area contributed by atoms with Gasteiger partial charge in [-0.15, -0.1) is 0 Å². The van der Waals surface area contributed by atoms with E-state index in [-0.39, 0.29) is 5.92 Å². The van der Waals surface area contributed by atoms with Crippen molar-refractivity contribution in [3.63, 3.8) is 0 Å². The molecule has 0 saturated carbocycles.